The maximum absolute atomic E-state index is 13.5. The maximum Gasteiger partial charge on any atom is 0.319 e. The number of methoxy groups -OCH3 is 1. The molecule has 1 saturated carbocycles. The minimum atomic E-state index is -0.221. The van der Waals surface area contributed by atoms with Crippen LogP contribution in [-0.2, 0) is 9.47 Å². The Kier molecular flexibility index (Phi) is 10.3. The Bertz CT molecular complexity index is 932. The van der Waals surface area contributed by atoms with E-state index in [2.05, 4.69) is 29.4 Å². The van der Waals surface area contributed by atoms with Crippen LogP contribution in [0.2, 0.25) is 0 Å². The van der Waals surface area contributed by atoms with Crippen LogP contribution in [0.3, 0.4) is 0 Å². The largest absolute Gasteiger partial charge is 0.491 e. The Hall–Kier alpha value is -2.36. The van der Waals surface area contributed by atoms with Crippen molar-refractivity contribution < 1.29 is 23.8 Å². The molecule has 3 amide bonds. The molecule has 1 saturated heterocycles. The summed E-state index contributed by atoms with van der Waals surface area (Å²) in [6, 6.07) is 5.44. The van der Waals surface area contributed by atoms with E-state index in [1.165, 1.54) is 0 Å². The Balaban J connectivity index is 1.54. The summed E-state index contributed by atoms with van der Waals surface area (Å²) >= 11 is 0. The van der Waals surface area contributed by atoms with Crippen LogP contribution in [0, 0.1) is 11.8 Å². The highest BCUT2D eigenvalue weighted by molar-refractivity contribution is 5.98. The Morgan fingerprint density at radius 3 is 2.55 bits per heavy atom. The van der Waals surface area contributed by atoms with Gasteiger partial charge in [0.15, 0.2) is 0 Å². The molecule has 2 fully saturated rings. The average Bonchev–Trinajstić information content (AvgIpc) is 3.42. The van der Waals surface area contributed by atoms with Crippen molar-refractivity contribution in [2.75, 3.05) is 58.9 Å². The zero-order chi connectivity index (χ0) is 27.1. The molecule has 0 unspecified atom stereocenters. The lowest BCUT2D eigenvalue weighted by Crippen LogP contribution is -2.48. The van der Waals surface area contributed by atoms with Gasteiger partial charge in [0.1, 0.15) is 12.4 Å². The zero-order valence-corrected chi connectivity index (χ0v) is 23.5. The van der Waals surface area contributed by atoms with Crippen molar-refractivity contribution in [1.29, 1.82) is 0 Å². The van der Waals surface area contributed by atoms with E-state index in [1.807, 2.05) is 0 Å². The van der Waals surface area contributed by atoms with Gasteiger partial charge in [-0.05, 0) is 56.6 Å². The maximum atomic E-state index is 13.5. The van der Waals surface area contributed by atoms with E-state index in [9.17, 15) is 9.59 Å². The van der Waals surface area contributed by atoms with E-state index in [0.717, 1.165) is 64.8 Å². The van der Waals surface area contributed by atoms with E-state index in [-0.39, 0.29) is 36.0 Å². The smallest absolute Gasteiger partial charge is 0.319 e. The van der Waals surface area contributed by atoms with E-state index >= 15 is 0 Å². The number of likely N-dealkylation sites (N-methyl/N-ethyl adjacent to an activating group) is 1. The van der Waals surface area contributed by atoms with Gasteiger partial charge >= 0.3 is 6.03 Å². The summed E-state index contributed by atoms with van der Waals surface area (Å²) in [7, 11) is 3.53. The molecule has 2 N–H and O–H groups in total. The van der Waals surface area contributed by atoms with Crippen LogP contribution in [0.25, 0.3) is 0 Å². The fraction of sp³-hybridized carbons (Fsp3) is 0.724. The highest BCUT2D eigenvalue weighted by Crippen LogP contribution is 2.28. The third kappa shape index (κ3) is 7.61. The van der Waals surface area contributed by atoms with E-state index in [0.29, 0.717) is 36.1 Å². The lowest BCUT2D eigenvalue weighted by molar-refractivity contribution is 0.0000255. The first-order valence-corrected chi connectivity index (χ1v) is 14.3. The summed E-state index contributed by atoms with van der Waals surface area (Å²) in [6.45, 7) is 8.80. The van der Waals surface area contributed by atoms with Crippen LogP contribution in [0.15, 0.2) is 18.2 Å². The first-order valence-electron chi connectivity index (χ1n) is 14.3. The number of nitrogens with one attached hydrogen (secondary N) is 2. The molecule has 38 heavy (non-hydrogen) atoms. The van der Waals surface area contributed by atoms with Crippen molar-refractivity contribution in [1.82, 2.24) is 15.1 Å². The van der Waals surface area contributed by atoms with Crippen molar-refractivity contribution in [2.45, 2.75) is 70.6 Å². The number of ether oxygens (including phenoxy) is 3. The van der Waals surface area contributed by atoms with Crippen molar-refractivity contribution >= 4 is 17.6 Å². The number of hydrogen-bond donors (Lipinski definition) is 2. The van der Waals surface area contributed by atoms with E-state index < -0.39 is 0 Å². The molecule has 2 heterocycles. The van der Waals surface area contributed by atoms with Crippen molar-refractivity contribution in [2.24, 2.45) is 11.8 Å². The van der Waals surface area contributed by atoms with Gasteiger partial charge in [-0.1, -0.05) is 19.8 Å². The fourth-order valence-electron chi connectivity index (χ4n) is 5.86. The predicted molar refractivity (Wildman–Crippen MR) is 148 cm³/mol. The molecular weight excluding hydrogens is 484 g/mol. The minimum Gasteiger partial charge on any atom is -0.491 e. The fourth-order valence-corrected chi connectivity index (χ4v) is 5.86. The summed E-state index contributed by atoms with van der Waals surface area (Å²) in [6.07, 6.45) is 6.40. The molecule has 4 rings (SSSR count). The predicted octanol–water partition coefficient (Wildman–Crippen LogP) is 3.98. The molecule has 1 aromatic rings. The second kappa shape index (κ2) is 13.6. The van der Waals surface area contributed by atoms with Gasteiger partial charge in [-0.15, -0.1) is 0 Å². The van der Waals surface area contributed by atoms with Crippen LogP contribution in [-0.4, -0.2) is 93.5 Å². The third-order valence-corrected chi connectivity index (χ3v) is 8.36. The quantitative estimate of drug-likeness (QED) is 0.598. The summed E-state index contributed by atoms with van der Waals surface area (Å²) in [5.74, 6) is 1.20. The lowest BCUT2D eigenvalue weighted by Gasteiger charge is -2.38. The zero-order valence-electron chi connectivity index (χ0n) is 23.5. The van der Waals surface area contributed by atoms with Crippen LogP contribution < -0.4 is 15.4 Å². The number of rotatable bonds is 5. The number of amides is 3. The van der Waals surface area contributed by atoms with E-state index in [4.69, 9.17) is 14.2 Å². The highest BCUT2D eigenvalue weighted by atomic mass is 16.5. The molecule has 0 spiro atoms. The Morgan fingerprint density at radius 2 is 1.84 bits per heavy atom. The molecule has 1 aromatic carbocycles. The van der Waals surface area contributed by atoms with Gasteiger partial charge < -0.3 is 29.7 Å². The molecule has 0 bridgehead atoms. The van der Waals surface area contributed by atoms with Gasteiger partial charge in [-0.3, -0.25) is 9.69 Å². The number of fused-ring (bicyclic) bond motifs is 1. The van der Waals surface area contributed by atoms with Gasteiger partial charge in [0.05, 0.1) is 11.7 Å². The molecule has 3 atom stereocenters. The number of anilines is 1. The Labute approximate surface area is 227 Å². The van der Waals surface area contributed by atoms with Gasteiger partial charge in [0, 0.05) is 70.8 Å². The number of nitrogens with zero attached hydrogens (tertiary/aromatic N) is 2. The summed E-state index contributed by atoms with van der Waals surface area (Å²) in [5.41, 5.74) is 1.09. The highest BCUT2D eigenvalue weighted by Gasteiger charge is 2.30. The van der Waals surface area contributed by atoms with Gasteiger partial charge in [-0.2, -0.15) is 0 Å². The van der Waals surface area contributed by atoms with Crippen LogP contribution in [0.4, 0.5) is 10.5 Å². The Morgan fingerprint density at radius 1 is 1.11 bits per heavy atom. The molecule has 2 aliphatic heterocycles. The number of carbonyl (C=O) groups is 2. The number of benzene rings is 1. The number of urea groups is 1. The standard InChI is InChI=1S/C29H46N4O5/c1-20-16-33(17-22-11-13-37-14-12-22)21(2)19-38-26-15-24(31-29(35)30-23-7-5-6-8-23)9-10-25(26)28(34)32(3)18-27(20)36-4/h9-10,15,20-23,27H,5-8,11-14,16-19H2,1-4H3,(H2,30,31,35)/t20-,21-,27-/m1/s1. The van der Waals surface area contributed by atoms with Crippen molar-refractivity contribution in [3.8, 4) is 5.75 Å². The van der Waals surface area contributed by atoms with Crippen molar-refractivity contribution in [3.05, 3.63) is 23.8 Å². The monoisotopic (exact) mass is 530 g/mol. The SMILES string of the molecule is CO[C@@H]1CN(C)C(=O)c2ccc(NC(=O)NC3CCCC3)cc2OC[C@@H](C)N(CC2CCOCC2)C[C@H]1C. The summed E-state index contributed by atoms with van der Waals surface area (Å²) < 4.78 is 17.8. The molecule has 0 radical (unpaired) electrons. The summed E-state index contributed by atoms with van der Waals surface area (Å²) in [4.78, 5) is 30.3. The molecule has 3 aliphatic rings. The molecule has 9 heteroatoms. The average molecular weight is 531 g/mol. The minimum absolute atomic E-state index is 0.0858. The second-order valence-corrected chi connectivity index (χ2v) is 11.4. The third-order valence-electron chi connectivity index (χ3n) is 8.36. The normalized spacial score (nSPS) is 26.7. The van der Waals surface area contributed by atoms with Gasteiger partial charge in [-0.25, -0.2) is 4.79 Å². The van der Waals surface area contributed by atoms with Gasteiger partial charge in [0.2, 0.25) is 0 Å². The number of hydrogen-bond acceptors (Lipinski definition) is 6. The molecule has 9 nitrogen and oxygen atoms in total. The van der Waals surface area contributed by atoms with E-state index in [1.54, 1.807) is 37.3 Å². The van der Waals surface area contributed by atoms with Crippen LogP contribution in [0.1, 0.15) is 62.7 Å². The second-order valence-electron chi connectivity index (χ2n) is 11.4. The van der Waals surface area contributed by atoms with Crippen LogP contribution in [0.5, 0.6) is 5.75 Å². The lowest BCUT2D eigenvalue weighted by atomic mass is 9.96. The van der Waals surface area contributed by atoms with Crippen molar-refractivity contribution in [3.63, 3.8) is 0 Å². The van der Waals surface area contributed by atoms with Crippen LogP contribution >= 0.6 is 0 Å². The topological polar surface area (TPSA) is 92.4 Å². The van der Waals surface area contributed by atoms with Gasteiger partial charge in [0.25, 0.3) is 5.91 Å². The molecular formula is C29H46N4O5. The first-order chi connectivity index (χ1) is 18.3. The molecule has 0 aromatic heterocycles. The molecule has 1 aliphatic carbocycles. The summed E-state index contributed by atoms with van der Waals surface area (Å²) in [5, 5.41) is 5.98. The number of carbonyl (C=O) groups excluding carboxylic acids is 2. The first kappa shape index (κ1) is 28.6. The molecule has 212 valence electrons.